The van der Waals surface area contributed by atoms with Crippen LogP contribution in [0, 0.1) is 0 Å². The van der Waals surface area contributed by atoms with Crippen molar-refractivity contribution >= 4 is 11.7 Å². The largest absolute Gasteiger partial charge is 0.466 e. The Labute approximate surface area is 90.4 Å². The van der Waals surface area contributed by atoms with Gasteiger partial charge >= 0.3 is 5.97 Å². The first-order valence-corrected chi connectivity index (χ1v) is 5.27. The molecule has 0 unspecified atom stereocenters. The van der Waals surface area contributed by atoms with Gasteiger partial charge < -0.3 is 10.1 Å². The molecule has 82 valence electrons. The van der Waals surface area contributed by atoms with Crippen LogP contribution in [0.5, 0.6) is 0 Å². The molecule has 0 heterocycles. The van der Waals surface area contributed by atoms with Gasteiger partial charge in [-0.2, -0.15) is 0 Å². The molecule has 1 aromatic rings. The van der Waals surface area contributed by atoms with E-state index in [0.29, 0.717) is 13.0 Å². The summed E-state index contributed by atoms with van der Waals surface area (Å²) in [6.45, 7) is 3.08. The lowest BCUT2D eigenvalue weighted by molar-refractivity contribution is -0.143. The summed E-state index contributed by atoms with van der Waals surface area (Å²) < 4.78 is 4.83. The van der Waals surface area contributed by atoms with E-state index in [1.807, 2.05) is 37.3 Å². The van der Waals surface area contributed by atoms with Crippen molar-refractivity contribution in [2.24, 2.45) is 0 Å². The third kappa shape index (κ3) is 5.05. The van der Waals surface area contributed by atoms with E-state index >= 15 is 0 Å². The molecule has 0 saturated carbocycles. The van der Waals surface area contributed by atoms with E-state index in [1.54, 1.807) is 0 Å². The average molecular weight is 207 g/mol. The Kier molecular flexibility index (Phi) is 5.30. The lowest BCUT2D eigenvalue weighted by Crippen LogP contribution is -2.08. The summed E-state index contributed by atoms with van der Waals surface area (Å²) in [4.78, 5) is 11.0. The highest BCUT2D eigenvalue weighted by Crippen LogP contribution is 2.05. The first kappa shape index (κ1) is 11.6. The summed E-state index contributed by atoms with van der Waals surface area (Å²) in [5.74, 6) is -0.118. The van der Waals surface area contributed by atoms with Gasteiger partial charge in [-0.05, 0) is 25.5 Å². The fourth-order valence-corrected chi connectivity index (χ4v) is 1.25. The number of ether oxygens (including phenoxy) is 1. The maximum Gasteiger partial charge on any atom is 0.305 e. The maximum atomic E-state index is 11.0. The highest BCUT2D eigenvalue weighted by atomic mass is 16.5. The van der Waals surface area contributed by atoms with Crippen LogP contribution < -0.4 is 5.32 Å². The van der Waals surface area contributed by atoms with Crippen LogP contribution in [0.15, 0.2) is 30.3 Å². The van der Waals surface area contributed by atoms with E-state index in [-0.39, 0.29) is 5.97 Å². The smallest absolute Gasteiger partial charge is 0.305 e. The minimum atomic E-state index is -0.118. The number of carbonyl (C=O) groups is 1. The van der Waals surface area contributed by atoms with Crippen LogP contribution in [0.2, 0.25) is 0 Å². The molecule has 3 heteroatoms. The molecule has 0 saturated heterocycles. The first-order valence-electron chi connectivity index (χ1n) is 5.27. The molecule has 0 spiro atoms. The molecule has 0 aliphatic heterocycles. The van der Waals surface area contributed by atoms with Gasteiger partial charge in [0.2, 0.25) is 0 Å². The molecule has 0 radical (unpaired) electrons. The van der Waals surface area contributed by atoms with E-state index in [1.165, 1.54) is 0 Å². The quantitative estimate of drug-likeness (QED) is 0.575. The summed E-state index contributed by atoms with van der Waals surface area (Å²) in [7, 11) is 0. The van der Waals surface area contributed by atoms with Crippen LogP contribution >= 0.6 is 0 Å². The van der Waals surface area contributed by atoms with Crippen molar-refractivity contribution in [3.8, 4) is 0 Å². The Balaban J connectivity index is 2.10. The number of hydrogen-bond donors (Lipinski definition) is 1. The van der Waals surface area contributed by atoms with Gasteiger partial charge in [0.25, 0.3) is 0 Å². The average Bonchev–Trinajstić information content (AvgIpc) is 2.26. The molecule has 3 nitrogen and oxygen atoms in total. The van der Waals surface area contributed by atoms with E-state index in [0.717, 1.165) is 18.7 Å². The van der Waals surface area contributed by atoms with Gasteiger partial charge in [-0.25, -0.2) is 0 Å². The second kappa shape index (κ2) is 6.87. The van der Waals surface area contributed by atoms with Crippen molar-refractivity contribution in [2.75, 3.05) is 18.5 Å². The number of benzene rings is 1. The van der Waals surface area contributed by atoms with Crippen LogP contribution in [0.4, 0.5) is 5.69 Å². The lowest BCUT2D eigenvalue weighted by atomic mass is 10.3. The molecule has 15 heavy (non-hydrogen) atoms. The van der Waals surface area contributed by atoms with Gasteiger partial charge in [0.1, 0.15) is 0 Å². The number of hydrogen-bond acceptors (Lipinski definition) is 3. The van der Waals surface area contributed by atoms with E-state index in [9.17, 15) is 4.79 Å². The molecule has 1 N–H and O–H groups in total. The van der Waals surface area contributed by atoms with Gasteiger partial charge in [0.05, 0.1) is 6.61 Å². The molecular weight excluding hydrogens is 190 g/mol. The topological polar surface area (TPSA) is 38.3 Å². The monoisotopic (exact) mass is 207 g/mol. The zero-order valence-corrected chi connectivity index (χ0v) is 9.03. The fourth-order valence-electron chi connectivity index (χ4n) is 1.25. The zero-order chi connectivity index (χ0) is 10.9. The molecule has 1 aromatic carbocycles. The van der Waals surface area contributed by atoms with E-state index in [4.69, 9.17) is 4.74 Å². The van der Waals surface area contributed by atoms with Crippen molar-refractivity contribution < 1.29 is 9.53 Å². The fraction of sp³-hybridized carbons (Fsp3) is 0.417. The van der Waals surface area contributed by atoms with Crippen molar-refractivity contribution in [1.82, 2.24) is 0 Å². The third-order valence-corrected chi connectivity index (χ3v) is 1.97. The number of nitrogens with one attached hydrogen (secondary N) is 1. The SMILES string of the molecule is CCOC(=O)CCCNc1ccccc1. The normalized spacial score (nSPS) is 9.67. The van der Waals surface area contributed by atoms with Crippen LogP contribution in [0.3, 0.4) is 0 Å². The number of rotatable bonds is 6. The van der Waals surface area contributed by atoms with Crippen LogP contribution in [0.1, 0.15) is 19.8 Å². The Hall–Kier alpha value is -1.51. The van der Waals surface area contributed by atoms with Gasteiger partial charge in [-0.15, -0.1) is 0 Å². The predicted octanol–water partition coefficient (Wildman–Crippen LogP) is 2.44. The molecule has 0 atom stereocenters. The van der Waals surface area contributed by atoms with Gasteiger partial charge in [-0.1, -0.05) is 18.2 Å². The Morgan fingerprint density at radius 2 is 2.07 bits per heavy atom. The Morgan fingerprint density at radius 3 is 2.73 bits per heavy atom. The summed E-state index contributed by atoms with van der Waals surface area (Å²) in [6, 6.07) is 9.94. The minimum absolute atomic E-state index is 0.118. The molecule has 0 aliphatic rings. The third-order valence-electron chi connectivity index (χ3n) is 1.97. The van der Waals surface area contributed by atoms with Crippen LogP contribution in [-0.4, -0.2) is 19.1 Å². The molecule has 0 amide bonds. The molecule has 0 bridgehead atoms. The number of carbonyl (C=O) groups excluding carboxylic acids is 1. The molecule has 0 aromatic heterocycles. The summed E-state index contributed by atoms with van der Waals surface area (Å²) in [6.07, 6.45) is 1.28. The second-order valence-corrected chi connectivity index (χ2v) is 3.20. The van der Waals surface area contributed by atoms with E-state index < -0.39 is 0 Å². The molecule has 0 fully saturated rings. The number of para-hydroxylation sites is 1. The Bertz CT molecular complexity index is 285. The van der Waals surface area contributed by atoms with Crippen molar-refractivity contribution in [3.05, 3.63) is 30.3 Å². The highest BCUT2D eigenvalue weighted by Gasteiger charge is 1.99. The summed E-state index contributed by atoms with van der Waals surface area (Å²) in [5, 5.41) is 3.23. The lowest BCUT2D eigenvalue weighted by Gasteiger charge is -2.05. The molecule has 0 aliphatic carbocycles. The number of anilines is 1. The zero-order valence-electron chi connectivity index (χ0n) is 9.03. The second-order valence-electron chi connectivity index (χ2n) is 3.20. The van der Waals surface area contributed by atoms with Crippen molar-refractivity contribution in [3.63, 3.8) is 0 Å². The summed E-state index contributed by atoms with van der Waals surface area (Å²) >= 11 is 0. The number of esters is 1. The highest BCUT2D eigenvalue weighted by molar-refractivity contribution is 5.69. The van der Waals surface area contributed by atoms with E-state index in [2.05, 4.69) is 5.32 Å². The van der Waals surface area contributed by atoms with Gasteiger partial charge in [-0.3, -0.25) is 4.79 Å². The maximum absolute atomic E-state index is 11.0. The summed E-state index contributed by atoms with van der Waals surface area (Å²) in [5.41, 5.74) is 1.08. The predicted molar refractivity (Wildman–Crippen MR) is 60.8 cm³/mol. The van der Waals surface area contributed by atoms with Gasteiger partial charge in [0, 0.05) is 18.7 Å². The van der Waals surface area contributed by atoms with Crippen molar-refractivity contribution in [1.29, 1.82) is 0 Å². The molecule has 1 rings (SSSR count). The minimum Gasteiger partial charge on any atom is -0.466 e. The standard InChI is InChI=1S/C12H17NO2/c1-2-15-12(14)9-6-10-13-11-7-4-3-5-8-11/h3-5,7-8,13H,2,6,9-10H2,1H3. The van der Waals surface area contributed by atoms with Crippen LogP contribution in [0.25, 0.3) is 0 Å². The Morgan fingerprint density at radius 1 is 1.33 bits per heavy atom. The first-order chi connectivity index (χ1) is 7.33. The van der Waals surface area contributed by atoms with Gasteiger partial charge in [0.15, 0.2) is 0 Å². The molecular formula is C12H17NO2. The van der Waals surface area contributed by atoms with Crippen LogP contribution in [-0.2, 0) is 9.53 Å². The van der Waals surface area contributed by atoms with Crippen molar-refractivity contribution in [2.45, 2.75) is 19.8 Å².